The van der Waals surface area contributed by atoms with Crippen LogP contribution in [0, 0.1) is 11.8 Å². The van der Waals surface area contributed by atoms with Gasteiger partial charge in [0.1, 0.15) is 0 Å². The SMILES string of the molecule is CC1CCC(CN)(N2CCOC3CCCCC32)CC1C. The number of fused-ring (bicyclic) bond motifs is 1. The van der Waals surface area contributed by atoms with Crippen molar-refractivity contribution >= 4 is 0 Å². The van der Waals surface area contributed by atoms with Crippen LogP contribution in [0.3, 0.4) is 0 Å². The zero-order valence-electron chi connectivity index (χ0n) is 13.3. The predicted molar refractivity (Wildman–Crippen MR) is 82.7 cm³/mol. The minimum Gasteiger partial charge on any atom is -0.375 e. The second-order valence-corrected chi connectivity index (χ2v) is 7.58. The number of morpholine rings is 1. The van der Waals surface area contributed by atoms with E-state index in [0.717, 1.165) is 31.5 Å². The summed E-state index contributed by atoms with van der Waals surface area (Å²) in [6.45, 7) is 7.67. The first-order valence-electron chi connectivity index (χ1n) is 8.75. The molecule has 5 unspecified atom stereocenters. The van der Waals surface area contributed by atoms with E-state index in [9.17, 15) is 0 Å². The fraction of sp³-hybridized carbons (Fsp3) is 1.00. The van der Waals surface area contributed by atoms with Crippen LogP contribution in [0.4, 0.5) is 0 Å². The van der Waals surface area contributed by atoms with Crippen molar-refractivity contribution in [1.82, 2.24) is 4.90 Å². The highest BCUT2D eigenvalue weighted by atomic mass is 16.5. The number of ether oxygens (including phenoxy) is 1. The maximum absolute atomic E-state index is 6.32. The molecule has 0 radical (unpaired) electrons. The van der Waals surface area contributed by atoms with E-state index in [1.807, 2.05) is 0 Å². The molecule has 1 saturated heterocycles. The third-order valence-corrected chi connectivity index (χ3v) is 6.46. The van der Waals surface area contributed by atoms with Gasteiger partial charge in [-0.05, 0) is 43.9 Å². The van der Waals surface area contributed by atoms with Gasteiger partial charge in [0, 0.05) is 24.7 Å². The Balaban J connectivity index is 1.80. The molecular formula is C17H32N2O. The molecule has 1 heterocycles. The smallest absolute Gasteiger partial charge is 0.0731 e. The molecule has 2 aliphatic carbocycles. The molecule has 3 nitrogen and oxygen atoms in total. The van der Waals surface area contributed by atoms with E-state index in [-0.39, 0.29) is 5.54 Å². The number of hydrogen-bond donors (Lipinski definition) is 1. The summed E-state index contributed by atoms with van der Waals surface area (Å²) in [6, 6.07) is 0.640. The van der Waals surface area contributed by atoms with Gasteiger partial charge in [0.25, 0.3) is 0 Å². The van der Waals surface area contributed by atoms with Crippen LogP contribution < -0.4 is 5.73 Å². The Bertz CT molecular complexity index is 333. The summed E-state index contributed by atoms with van der Waals surface area (Å²) in [6.07, 6.45) is 9.69. The summed E-state index contributed by atoms with van der Waals surface area (Å²) in [5.41, 5.74) is 6.58. The van der Waals surface area contributed by atoms with Crippen molar-refractivity contribution in [2.75, 3.05) is 19.7 Å². The van der Waals surface area contributed by atoms with Crippen molar-refractivity contribution in [3.8, 4) is 0 Å². The first-order valence-corrected chi connectivity index (χ1v) is 8.75. The van der Waals surface area contributed by atoms with Crippen LogP contribution in [0.15, 0.2) is 0 Å². The van der Waals surface area contributed by atoms with Gasteiger partial charge in [-0.15, -0.1) is 0 Å². The van der Waals surface area contributed by atoms with Gasteiger partial charge in [-0.1, -0.05) is 26.7 Å². The van der Waals surface area contributed by atoms with E-state index < -0.39 is 0 Å². The molecule has 0 aromatic heterocycles. The normalized spacial score (nSPS) is 47.0. The monoisotopic (exact) mass is 280 g/mol. The number of hydrogen-bond acceptors (Lipinski definition) is 3. The van der Waals surface area contributed by atoms with Gasteiger partial charge in [0.05, 0.1) is 12.7 Å². The van der Waals surface area contributed by atoms with Gasteiger partial charge in [0.2, 0.25) is 0 Å². The van der Waals surface area contributed by atoms with Gasteiger partial charge in [-0.3, -0.25) is 4.90 Å². The lowest BCUT2D eigenvalue weighted by molar-refractivity contribution is -0.138. The van der Waals surface area contributed by atoms with Crippen molar-refractivity contribution in [3.05, 3.63) is 0 Å². The molecular weight excluding hydrogens is 248 g/mol. The van der Waals surface area contributed by atoms with Gasteiger partial charge in [-0.25, -0.2) is 0 Å². The molecule has 1 aliphatic heterocycles. The standard InChI is InChI=1S/C17H32N2O/c1-13-7-8-17(12-18,11-14(13)2)19-9-10-20-16-6-4-3-5-15(16)19/h13-16H,3-12,18H2,1-2H3. The molecule has 0 amide bonds. The maximum atomic E-state index is 6.32. The van der Waals surface area contributed by atoms with Crippen LogP contribution in [-0.4, -0.2) is 42.3 Å². The fourth-order valence-electron chi connectivity index (χ4n) is 4.93. The first-order chi connectivity index (χ1) is 9.66. The molecule has 3 fully saturated rings. The van der Waals surface area contributed by atoms with E-state index in [0.29, 0.717) is 12.1 Å². The van der Waals surface area contributed by atoms with E-state index in [2.05, 4.69) is 18.7 Å². The molecule has 3 rings (SSSR count). The zero-order chi connectivity index (χ0) is 14.2. The number of rotatable bonds is 2. The van der Waals surface area contributed by atoms with Crippen molar-refractivity contribution < 1.29 is 4.74 Å². The lowest BCUT2D eigenvalue weighted by Gasteiger charge is -2.56. The number of nitrogens with zero attached hydrogens (tertiary/aromatic N) is 1. The molecule has 0 bridgehead atoms. The second kappa shape index (κ2) is 5.94. The molecule has 0 aromatic carbocycles. The Morgan fingerprint density at radius 2 is 1.95 bits per heavy atom. The summed E-state index contributed by atoms with van der Waals surface area (Å²) in [7, 11) is 0. The molecule has 20 heavy (non-hydrogen) atoms. The van der Waals surface area contributed by atoms with E-state index >= 15 is 0 Å². The molecule has 2 N–H and O–H groups in total. The molecule has 0 spiro atoms. The van der Waals surface area contributed by atoms with E-state index in [1.54, 1.807) is 0 Å². The second-order valence-electron chi connectivity index (χ2n) is 7.58. The lowest BCUT2D eigenvalue weighted by atomic mass is 9.69. The maximum Gasteiger partial charge on any atom is 0.0731 e. The lowest BCUT2D eigenvalue weighted by Crippen LogP contribution is -2.66. The van der Waals surface area contributed by atoms with Gasteiger partial charge in [0.15, 0.2) is 0 Å². The average Bonchev–Trinajstić information content (AvgIpc) is 2.50. The summed E-state index contributed by atoms with van der Waals surface area (Å²) in [4.78, 5) is 2.79. The third kappa shape index (κ3) is 2.53. The minimum absolute atomic E-state index is 0.260. The molecule has 3 aliphatic rings. The Kier molecular flexibility index (Phi) is 4.40. The van der Waals surface area contributed by atoms with Crippen LogP contribution in [-0.2, 0) is 4.74 Å². The van der Waals surface area contributed by atoms with Crippen molar-refractivity contribution in [2.24, 2.45) is 17.6 Å². The van der Waals surface area contributed by atoms with Crippen molar-refractivity contribution in [2.45, 2.75) is 76.5 Å². The largest absolute Gasteiger partial charge is 0.375 e. The van der Waals surface area contributed by atoms with Crippen LogP contribution in [0.2, 0.25) is 0 Å². The molecule has 5 atom stereocenters. The minimum atomic E-state index is 0.260. The Labute approximate surface area is 124 Å². The van der Waals surface area contributed by atoms with Gasteiger partial charge >= 0.3 is 0 Å². The van der Waals surface area contributed by atoms with Crippen LogP contribution >= 0.6 is 0 Å². The first kappa shape index (κ1) is 14.8. The van der Waals surface area contributed by atoms with E-state index in [4.69, 9.17) is 10.5 Å². The summed E-state index contributed by atoms with van der Waals surface area (Å²) < 4.78 is 6.06. The Hall–Kier alpha value is -0.120. The average molecular weight is 280 g/mol. The molecule has 116 valence electrons. The number of nitrogens with two attached hydrogens (primary N) is 1. The molecule has 3 heteroatoms. The summed E-state index contributed by atoms with van der Waals surface area (Å²) >= 11 is 0. The third-order valence-electron chi connectivity index (χ3n) is 6.46. The highest BCUT2D eigenvalue weighted by Crippen LogP contribution is 2.43. The Morgan fingerprint density at radius 3 is 2.70 bits per heavy atom. The van der Waals surface area contributed by atoms with Crippen molar-refractivity contribution in [1.29, 1.82) is 0 Å². The highest BCUT2D eigenvalue weighted by molar-refractivity contribution is 5.02. The Morgan fingerprint density at radius 1 is 1.15 bits per heavy atom. The zero-order valence-corrected chi connectivity index (χ0v) is 13.3. The predicted octanol–water partition coefficient (Wildman–Crippen LogP) is 2.78. The quantitative estimate of drug-likeness (QED) is 0.845. The summed E-state index contributed by atoms with van der Waals surface area (Å²) in [5.74, 6) is 1.66. The fourth-order valence-corrected chi connectivity index (χ4v) is 4.93. The van der Waals surface area contributed by atoms with Crippen LogP contribution in [0.25, 0.3) is 0 Å². The topological polar surface area (TPSA) is 38.5 Å². The molecule has 0 aromatic rings. The van der Waals surface area contributed by atoms with Crippen LogP contribution in [0.5, 0.6) is 0 Å². The van der Waals surface area contributed by atoms with Gasteiger partial charge in [-0.2, -0.15) is 0 Å². The highest BCUT2D eigenvalue weighted by Gasteiger charge is 2.47. The molecule has 2 saturated carbocycles. The van der Waals surface area contributed by atoms with Crippen molar-refractivity contribution in [3.63, 3.8) is 0 Å². The summed E-state index contributed by atoms with van der Waals surface area (Å²) in [5, 5.41) is 0. The van der Waals surface area contributed by atoms with Gasteiger partial charge < -0.3 is 10.5 Å². The van der Waals surface area contributed by atoms with E-state index in [1.165, 1.54) is 44.9 Å². The van der Waals surface area contributed by atoms with Crippen LogP contribution in [0.1, 0.15) is 58.8 Å².